The minimum absolute atomic E-state index is 0.0200. The van der Waals surface area contributed by atoms with Gasteiger partial charge in [0.05, 0.1) is 17.3 Å². The lowest BCUT2D eigenvalue weighted by Gasteiger charge is -2.42. The van der Waals surface area contributed by atoms with Crippen molar-refractivity contribution in [3.63, 3.8) is 0 Å². The van der Waals surface area contributed by atoms with E-state index in [1.54, 1.807) is 27.7 Å². The fraction of sp³-hybridized carbons (Fsp3) is 0.789. The quantitative estimate of drug-likeness (QED) is 0.341. The van der Waals surface area contributed by atoms with Crippen LogP contribution in [-0.2, 0) is 20.9 Å². The topological polar surface area (TPSA) is 171 Å². The number of rotatable bonds is 8. The van der Waals surface area contributed by atoms with Gasteiger partial charge in [0.1, 0.15) is 18.3 Å². The third-order valence-electron chi connectivity index (χ3n) is 6.58. The summed E-state index contributed by atoms with van der Waals surface area (Å²) in [5, 5.41) is 29.5. The Hall–Kier alpha value is -1.33. The molecule has 0 amide bonds. The first kappa shape index (κ1) is 25.9. The fourth-order valence-electron chi connectivity index (χ4n) is 3.56. The molecule has 4 unspecified atom stereocenters. The van der Waals surface area contributed by atoms with Crippen molar-refractivity contribution in [3.8, 4) is 0 Å². The van der Waals surface area contributed by atoms with E-state index in [1.807, 2.05) is 0 Å². The number of aromatic nitrogens is 2. The van der Waals surface area contributed by atoms with E-state index in [0.717, 1.165) is 10.8 Å². The van der Waals surface area contributed by atoms with Gasteiger partial charge in [-0.05, 0) is 26.7 Å². The maximum absolute atomic E-state index is 12.8. The molecule has 1 fully saturated rings. The average molecular weight is 464 g/mol. The summed E-state index contributed by atoms with van der Waals surface area (Å²) in [4.78, 5) is 36.8. The highest BCUT2D eigenvalue weighted by Crippen LogP contribution is 2.59. The van der Waals surface area contributed by atoms with Crippen molar-refractivity contribution in [3.05, 3.63) is 32.6 Å². The molecule has 11 nitrogen and oxygen atoms in total. The van der Waals surface area contributed by atoms with Crippen LogP contribution in [0.15, 0.2) is 15.8 Å². The normalized spacial score (nSPS) is 30.9. The van der Waals surface area contributed by atoms with Gasteiger partial charge in [0.2, 0.25) is 0 Å². The van der Waals surface area contributed by atoms with Crippen LogP contribution in [0.1, 0.15) is 59.1 Å². The van der Waals surface area contributed by atoms with E-state index in [2.05, 4.69) is 4.98 Å². The molecule has 178 valence electrons. The summed E-state index contributed by atoms with van der Waals surface area (Å²) < 4.78 is 25.0. The summed E-state index contributed by atoms with van der Waals surface area (Å²) in [6.07, 6.45) is -3.86. The summed E-state index contributed by atoms with van der Waals surface area (Å²) in [5.74, 6) is -0.730. The summed E-state index contributed by atoms with van der Waals surface area (Å²) in [7, 11) is -3.23. The Labute approximate surface area is 180 Å². The molecule has 2 heterocycles. The third kappa shape index (κ3) is 4.59. The zero-order chi connectivity index (χ0) is 23.9. The van der Waals surface area contributed by atoms with Crippen LogP contribution in [0.25, 0.3) is 0 Å². The molecule has 1 aliphatic rings. The van der Waals surface area contributed by atoms with E-state index < -0.39 is 60.1 Å². The molecule has 1 saturated heterocycles. The molecule has 1 aromatic rings. The summed E-state index contributed by atoms with van der Waals surface area (Å²) in [6.45, 7) is 7.65. The van der Waals surface area contributed by atoms with Gasteiger partial charge in [-0.25, -0.2) is 4.79 Å². The lowest BCUT2D eigenvalue weighted by molar-refractivity contribution is -0.0955. The van der Waals surface area contributed by atoms with E-state index in [9.17, 15) is 34.4 Å². The minimum atomic E-state index is -4.49. The Morgan fingerprint density at radius 2 is 1.84 bits per heavy atom. The van der Waals surface area contributed by atoms with Gasteiger partial charge in [0, 0.05) is 19.2 Å². The lowest BCUT2D eigenvalue weighted by atomic mass is 9.82. The standard InChI is InChI=1S/C19H33N2O9P/c1-7-18(4,30-31(27,28)19(5,26)8-2)10(3)14-12(22)13(23)15(29-14)11-9-20-17(25)21(6)16(11)24/h9-10,12-15,22-23,26H,7-8H2,1-6H3,(H,20,25)(H,27,28)/t10?,12-,13+,14+,15-,18?,19?/m0/s1. The molecule has 0 aliphatic carbocycles. The molecule has 0 spiro atoms. The molecule has 0 radical (unpaired) electrons. The van der Waals surface area contributed by atoms with Crippen molar-refractivity contribution in [2.45, 2.75) is 82.8 Å². The fourth-order valence-corrected chi connectivity index (χ4v) is 5.02. The molecule has 31 heavy (non-hydrogen) atoms. The molecular weight excluding hydrogens is 431 g/mol. The van der Waals surface area contributed by atoms with Crippen LogP contribution in [0.4, 0.5) is 0 Å². The van der Waals surface area contributed by atoms with Crippen LogP contribution in [0.2, 0.25) is 0 Å². The first-order valence-electron chi connectivity index (χ1n) is 10.2. The molecule has 1 aromatic heterocycles. The smallest absolute Gasteiger partial charge is 0.359 e. The SMILES string of the molecule is CCC(C)(OP(=O)(O)C(C)(O)CC)C(C)[C@H]1O[C@@H](c2c[nH]c(=O)n(C)c2=O)[C@H](O)[C@@H]1O. The number of nitrogens with one attached hydrogen (secondary N) is 1. The predicted molar refractivity (Wildman–Crippen MR) is 112 cm³/mol. The highest BCUT2D eigenvalue weighted by molar-refractivity contribution is 7.54. The number of aliphatic hydroxyl groups excluding tert-OH is 2. The van der Waals surface area contributed by atoms with Gasteiger partial charge in [-0.3, -0.25) is 18.5 Å². The van der Waals surface area contributed by atoms with Crippen molar-refractivity contribution in [2.24, 2.45) is 13.0 Å². The molecule has 5 N–H and O–H groups in total. The molecule has 8 atom stereocenters. The molecule has 0 saturated carbocycles. The number of aliphatic hydroxyl groups is 3. The van der Waals surface area contributed by atoms with Crippen molar-refractivity contribution < 1.29 is 34.0 Å². The Morgan fingerprint density at radius 3 is 2.35 bits per heavy atom. The van der Waals surface area contributed by atoms with Crippen molar-refractivity contribution in [1.82, 2.24) is 9.55 Å². The molecule has 2 rings (SSSR count). The van der Waals surface area contributed by atoms with Crippen LogP contribution in [0.5, 0.6) is 0 Å². The van der Waals surface area contributed by atoms with Crippen molar-refractivity contribution >= 4 is 7.60 Å². The first-order chi connectivity index (χ1) is 14.1. The number of aromatic amines is 1. The highest BCUT2D eigenvalue weighted by Gasteiger charge is 2.54. The molecule has 1 aliphatic heterocycles. The highest BCUT2D eigenvalue weighted by atomic mass is 31.2. The van der Waals surface area contributed by atoms with Crippen LogP contribution in [0.3, 0.4) is 0 Å². The number of nitrogens with zero attached hydrogens (tertiary/aromatic N) is 1. The first-order valence-corrected chi connectivity index (χ1v) is 11.8. The number of ether oxygens (including phenoxy) is 1. The van der Waals surface area contributed by atoms with Gasteiger partial charge in [-0.15, -0.1) is 0 Å². The molecular formula is C19H33N2O9P. The Kier molecular flexibility index (Phi) is 7.44. The Balaban J connectivity index is 2.37. The zero-order valence-corrected chi connectivity index (χ0v) is 19.5. The van der Waals surface area contributed by atoms with Gasteiger partial charge in [-0.1, -0.05) is 20.8 Å². The number of hydrogen-bond donors (Lipinski definition) is 5. The van der Waals surface area contributed by atoms with Gasteiger partial charge in [0.25, 0.3) is 5.56 Å². The number of hydrogen-bond acceptors (Lipinski definition) is 8. The Morgan fingerprint density at radius 1 is 1.26 bits per heavy atom. The molecule has 0 aromatic carbocycles. The molecule has 12 heteroatoms. The van der Waals surface area contributed by atoms with Crippen LogP contribution < -0.4 is 11.2 Å². The summed E-state index contributed by atoms with van der Waals surface area (Å²) in [5.41, 5.74) is -2.68. The predicted octanol–water partition coefficient (Wildman–Crippen LogP) is 0.361. The second-order valence-corrected chi connectivity index (χ2v) is 10.7. The monoisotopic (exact) mass is 464 g/mol. The maximum atomic E-state index is 12.8. The third-order valence-corrected chi connectivity index (χ3v) is 8.78. The van der Waals surface area contributed by atoms with Crippen LogP contribution in [0, 0.1) is 5.92 Å². The van der Waals surface area contributed by atoms with Crippen molar-refractivity contribution in [2.75, 3.05) is 0 Å². The van der Waals surface area contributed by atoms with E-state index in [-0.39, 0.29) is 18.4 Å². The number of H-pyrrole nitrogens is 1. The minimum Gasteiger partial charge on any atom is -0.388 e. The van der Waals surface area contributed by atoms with Gasteiger partial charge >= 0.3 is 13.3 Å². The Bertz CT molecular complexity index is 958. The molecule has 0 bridgehead atoms. The zero-order valence-electron chi connectivity index (χ0n) is 18.6. The van der Waals surface area contributed by atoms with Gasteiger partial charge in [-0.2, -0.15) is 0 Å². The lowest BCUT2D eigenvalue weighted by Crippen LogP contribution is -2.47. The maximum Gasteiger partial charge on any atom is 0.359 e. The van der Waals surface area contributed by atoms with E-state index >= 15 is 0 Å². The van der Waals surface area contributed by atoms with Gasteiger partial charge < -0.3 is 29.9 Å². The average Bonchev–Trinajstić information content (AvgIpc) is 2.99. The summed E-state index contributed by atoms with van der Waals surface area (Å²) in [6, 6.07) is 0. The summed E-state index contributed by atoms with van der Waals surface area (Å²) >= 11 is 0. The van der Waals surface area contributed by atoms with Crippen LogP contribution in [-0.4, -0.2) is 59.0 Å². The van der Waals surface area contributed by atoms with Crippen LogP contribution >= 0.6 is 7.60 Å². The second kappa shape index (κ2) is 8.90. The van der Waals surface area contributed by atoms with E-state index in [1.165, 1.54) is 14.0 Å². The second-order valence-electron chi connectivity index (χ2n) is 8.55. The van der Waals surface area contributed by atoms with E-state index in [4.69, 9.17) is 9.26 Å². The van der Waals surface area contributed by atoms with E-state index in [0.29, 0.717) is 0 Å². The largest absolute Gasteiger partial charge is 0.388 e. The van der Waals surface area contributed by atoms with Crippen molar-refractivity contribution in [1.29, 1.82) is 0 Å². The van der Waals surface area contributed by atoms with Gasteiger partial charge in [0.15, 0.2) is 5.34 Å².